The van der Waals surface area contributed by atoms with Crippen LogP contribution < -0.4 is 0 Å². The van der Waals surface area contributed by atoms with Gasteiger partial charge in [-0.3, -0.25) is 4.79 Å². The Morgan fingerprint density at radius 3 is 2.69 bits per heavy atom. The van der Waals surface area contributed by atoms with E-state index in [-0.39, 0.29) is 12.3 Å². The zero-order chi connectivity index (χ0) is 9.84. The minimum atomic E-state index is -0.799. The molecule has 0 saturated carbocycles. The fourth-order valence-corrected chi connectivity index (χ4v) is 1.57. The molecule has 1 rings (SSSR count). The molecule has 0 spiro atoms. The SMILES string of the molecule is C[C@H](CC(=O)O)c1ccccc1Cl. The second-order valence-corrected chi connectivity index (χ2v) is 3.43. The summed E-state index contributed by atoms with van der Waals surface area (Å²) in [4.78, 5) is 10.5. The van der Waals surface area contributed by atoms with Gasteiger partial charge in [0.25, 0.3) is 0 Å². The van der Waals surface area contributed by atoms with Crippen molar-refractivity contribution in [2.45, 2.75) is 19.3 Å². The normalized spacial score (nSPS) is 12.5. The van der Waals surface area contributed by atoms with Crippen molar-refractivity contribution in [3.05, 3.63) is 34.9 Å². The number of benzene rings is 1. The van der Waals surface area contributed by atoms with Crippen molar-refractivity contribution in [2.75, 3.05) is 0 Å². The number of carboxylic acids is 1. The van der Waals surface area contributed by atoms with Crippen LogP contribution in [0.1, 0.15) is 24.8 Å². The van der Waals surface area contributed by atoms with Crippen molar-refractivity contribution in [1.82, 2.24) is 0 Å². The molecule has 1 atom stereocenters. The summed E-state index contributed by atoms with van der Waals surface area (Å²) >= 11 is 5.91. The Morgan fingerprint density at radius 2 is 2.15 bits per heavy atom. The van der Waals surface area contributed by atoms with Crippen LogP contribution in [0.5, 0.6) is 0 Å². The molecule has 0 radical (unpaired) electrons. The van der Waals surface area contributed by atoms with Crippen LogP contribution >= 0.6 is 11.6 Å². The molecule has 0 bridgehead atoms. The molecule has 0 aromatic heterocycles. The lowest BCUT2D eigenvalue weighted by Crippen LogP contribution is -2.03. The fraction of sp³-hybridized carbons (Fsp3) is 0.300. The largest absolute Gasteiger partial charge is 0.481 e. The molecule has 1 aromatic rings. The molecule has 2 nitrogen and oxygen atoms in total. The molecule has 70 valence electrons. The van der Waals surface area contributed by atoms with E-state index in [1.165, 1.54) is 0 Å². The Balaban J connectivity index is 2.82. The van der Waals surface area contributed by atoms with Crippen LogP contribution in [0.4, 0.5) is 0 Å². The molecule has 0 saturated heterocycles. The fourth-order valence-electron chi connectivity index (χ4n) is 1.25. The maximum atomic E-state index is 10.5. The van der Waals surface area contributed by atoms with Crippen LogP contribution in [0.2, 0.25) is 5.02 Å². The van der Waals surface area contributed by atoms with Gasteiger partial charge in [0.05, 0.1) is 6.42 Å². The van der Waals surface area contributed by atoms with Gasteiger partial charge in [0.15, 0.2) is 0 Å². The first-order valence-electron chi connectivity index (χ1n) is 4.07. The number of carbonyl (C=O) groups is 1. The van der Waals surface area contributed by atoms with Crippen molar-refractivity contribution in [2.24, 2.45) is 0 Å². The van der Waals surface area contributed by atoms with Crippen LogP contribution in [0, 0.1) is 0 Å². The first-order valence-corrected chi connectivity index (χ1v) is 4.45. The van der Waals surface area contributed by atoms with E-state index in [1.807, 2.05) is 25.1 Å². The molecule has 1 aromatic carbocycles. The highest BCUT2D eigenvalue weighted by molar-refractivity contribution is 6.31. The van der Waals surface area contributed by atoms with E-state index in [0.29, 0.717) is 5.02 Å². The summed E-state index contributed by atoms with van der Waals surface area (Å²) < 4.78 is 0. The Kier molecular flexibility index (Phi) is 3.32. The lowest BCUT2D eigenvalue weighted by atomic mass is 9.98. The van der Waals surface area contributed by atoms with Gasteiger partial charge in [-0.1, -0.05) is 36.7 Å². The van der Waals surface area contributed by atoms with Gasteiger partial charge in [0.1, 0.15) is 0 Å². The predicted molar refractivity (Wildman–Crippen MR) is 52.1 cm³/mol. The Morgan fingerprint density at radius 1 is 1.54 bits per heavy atom. The third-order valence-corrected chi connectivity index (χ3v) is 2.26. The summed E-state index contributed by atoms with van der Waals surface area (Å²) in [6.45, 7) is 1.86. The average molecular weight is 199 g/mol. The number of aliphatic carboxylic acids is 1. The summed E-state index contributed by atoms with van der Waals surface area (Å²) in [5, 5.41) is 9.23. The molecule has 0 aliphatic rings. The van der Waals surface area contributed by atoms with Gasteiger partial charge in [-0.05, 0) is 17.5 Å². The van der Waals surface area contributed by atoms with Gasteiger partial charge in [-0.15, -0.1) is 0 Å². The number of halogens is 1. The third kappa shape index (κ3) is 2.74. The summed E-state index contributed by atoms with van der Waals surface area (Å²) in [6.07, 6.45) is 0.115. The molecule has 13 heavy (non-hydrogen) atoms. The molecule has 0 aliphatic heterocycles. The molecular formula is C10H11ClO2. The van der Waals surface area contributed by atoms with Crippen LogP contribution in [0.15, 0.2) is 24.3 Å². The Bertz CT molecular complexity index is 310. The average Bonchev–Trinajstić information content (AvgIpc) is 2.03. The van der Waals surface area contributed by atoms with Crippen LogP contribution in [-0.4, -0.2) is 11.1 Å². The van der Waals surface area contributed by atoms with E-state index in [4.69, 9.17) is 16.7 Å². The third-order valence-electron chi connectivity index (χ3n) is 1.92. The standard InChI is InChI=1S/C10H11ClO2/c1-7(6-10(12)13)8-4-2-3-5-9(8)11/h2-5,7H,6H2,1H3,(H,12,13)/t7-/m1/s1. The van der Waals surface area contributed by atoms with Crippen LogP contribution in [0.25, 0.3) is 0 Å². The minimum absolute atomic E-state index is 0.0359. The van der Waals surface area contributed by atoms with E-state index in [1.54, 1.807) is 6.07 Å². The maximum absolute atomic E-state index is 10.5. The van der Waals surface area contributed by atoms with Crippen molar-refractivity contribution in [1.29, 1.82) is 0 Å². The summed E-state index contributed by atoms with van der Waals surface area (Å²) in [7, 11) is 0. The zero-order valence-electron chi connectivity index (χ0n) is 7.33. The van der Waals surface area contributed by atoms with E-state index in [0.717, 1.165) is 5.56 Å². The molecule has 0 heterocycles. The second-order valence-electron chi connectivity index (χ2n) is 3.02. The summed E-state index contributed by atoms with van der Waals surface area (Å²) in [5.74, 6) is -0.835. The smallest absolute Gasteiger partial charge is 0.303 e. The minimum Gasteiger partial charge on any atom is -0.481 e. The van der Waals surface area contributed by atoms with E-state index in [2.05, 4.69) is 0 Å². The topological polar surface area (TPSA) is 37.3 Å². The molecule has 0 unspecified atom stereocenters. The van der Waals surface area contributed by atoms with Gasteiger partial charge < -0.3 is 5.11 Å². The van der Waals surface area contributed by atoms with Crippen molar-refractivity contribution in [3.8, 4) is 0 Å². The highest BCUT2D eigenvalue weighted by Crippen LogP contribution is 2.26. The molecule has 0 fully saturated rings. The first-order chi connectivity index (χ1) is 6.11. The number of hydrogen-bond acceptors (Lipinski definition) is 1. The van der Waals surface area contributed by atoms with E-state index < -0.39 is 5.97 Å². The Hall–Kier alpha value is -1.02. The maximum Gasteiger partial charge on any atom is 0.303 e. The van der Waals surface area contributed by atoms with Crippen molar-refractivity contribution in [3.63, 3.8) is 0 Å². The number of carboxylic acid groups (broad SMARTS) is 1. The lowest BCUT2D eigenvalue weighted by molar-refractivity contribution is -0.137. The van der Waals surface area contributed by atoms with E-state index >= 15 is 0 Å². The van der Waals surface area contributed by atoms with E-state index in [9.17, 15) is 4.79 Å². The highest BCUT2D eigenvalue weighted by atomic mass is 35.5. The molecular weight excluding hydrogens is 188 g/mol. The van der Waals surface area contributed by atoms with Gasteiger partial charge in [-0.2, -0.15) is 0 Å². The predicted octanol–water partition coefficient (Wildman–Crippen LogP) is 2.92. The first kappa shape index (κ1) is 10.1. The molecule has 0 amide bonds. The highest BCUT2D eigenvalue weighted by Gasteiger charge is 2.12. The molecule has 1 N–H and O–H groups in total. The molecule has 0 aliphatic carbocycles. The van der Waals surface area contributed by atoms with Crippen molar-refractivity contribution >= 4 is 17.6 Å². The lowest BCUT2D eigenvalue weighted by Gasteiger charge is -2.10. The zero-order valence-corrected chi connectivity index (χ0v) is 8.08. The number of rotatable bonds is 3. The van der Waals surface area contributed by atoms with Crippen LogP contribution in [-0.2, 0) is 4.79 Å². The summed E-state index contributed by atoms with van der Waals surface area (Å²) in [5.41, 5.74) is 0.895. The van der Waals surface area contributed by atoms with Crippen LogP contribution in [0.3, 0.4) is 0 Å². The monoisotopic (exact) mass is 198 g/mol. The Labute approximate surface area is 82.2 Å². The summed E-state index contributed by atoms with van der Waals surface area (Å²) in [6, 6.07) is 7.32. The van der Waals surface area contributed by atoms with Gasteiger partial charge in [-0.25, -0.2) is 0 Å². The van der Waals surface area contributed by atoms with Crippen molar-refractivity contribution < 1.29 is 9.90 Å². The molecule has 3 heteroatoms. The second kappa shape index (κ2) is 4.28. The number of hydrogen-bond donors (Lipinski definition) is 1. The van der Waals surface area contributed by atoms with Gasteiger partial charge in [0.2, 0.25) is 0 Å². The van der Waals surface area contributed by atoms with Gasteiger partial charge in [0, 0.05) is 5.02 Å². The van der Waals surface area contributed by atoms with Gasteiger partial charge >= 0.3 is 5.97 Å². The quantitative estimate of drug-likeness (QED) is 0.811.